The third-order valence-corrected chi connectivity index (χ3v) is 3.67. The van der Waals surface area contributed by atoms with Crippen LogP contribution < -0.4 is 0 Å². The number of pyridine rings is 1. The lowest BCUT2D eigenvalue weighted by Crippen LogP contribution is -1.86. The number of halogens is 1. The highest BCUT2D eigenvalue weighted by Crippen LogP contribution is 2.35. The lowest BCUT2D eigenvalue weighted by atomic mass is 10.1. The minimum absolute atomic E-state index is 0.464. The zero-order valence-corrected chi connectivity index (χ0v) is 10.7. The second-order valence-corrected chi connectivity index (χ2v) is 4.85. The predicted octanol–water partition coefficient (Wildman–Crippen LogP) is 3.79. The van der Waals surface area contributed by atoms with Gasteiger partial charge in [0.15, 0.2) is 0 Å². The Morgan fingerprint density at radius 3 is 2.94 bits per heavy atom. The molecule has 0 saturated carbocycles. The molecule has 0 bridgehead atoms. The molecule has 0 fully saturated rings. The van der Waals surface area contributed by atoms with Crippen molar-refractivity contribution in [2.45, 2.75) is 0 Å². The molecular formula is C14H6ClN2S. The van der Waals surface area contributed by atoms with Crippen molar-refractivity contribution in [1.82, 2.24) is 9.97 Å². The maximum absolute atomic E-state index is 6.19. The molecule has 2 heterocycles. The smallest absolute Gasteiger partial charge is 0.127 e. The van der Waals surface area contributed by atoms with Crippen molar-refractivity contribution in [3.63, 3.8) is 0 Å². The first-order valence-electron chi connectivity index (χ1n) is 5.18. The largest absolute Gasteiger partial charge is 0.244 e. The normalized spacial score (nSPS) is 10.4. The van der Waals surface area contributed by atoms with Gasteiger partial charge in [-0.2, -0.15) is 0 Å². The van der Waals surface area contributed by atoms with Crippen LogP contribution in [-0.2, 0) is 0 Å². The fraction of sp³-hybridized carbons (Fsp3) is 0. The van der Waals surface area contributed by atoms with E-state index in [1.807, 2.05) is 29.6 Å². The number of fused-ring (bicyclic) bond motifs is 1. The number of para-hydroxylation sites is 1. The second-order valence-electron chi connectivity index (χ2n) is 3.61. The number of aromatic nitrogens is 2. The van der Waals surface area contributed by atoms with Crippen LogP contribution in [0.4, 0.5) is 0 Å². The van der Waals surface area contributed by atoms with Crippen LogP contribution in [0.1, 0.15) is 5.69 Å². The molecule has 1 aromatic carbocycles. The van der Waals surface area contributed by atoms with E-state index in [0.29, 0.717) is 10.7 Å². The van der Waals surface area contributed by atoms with Crippen molar-refractivity contribution in [3.05, 3.63) is 46.6 Å². The molecular weight excluding hydrogens is 264 g/mol. The molecule has 1 radical (unpaired) electrons. The molecule has 3 aromatic rings. The summed E-state index contributed by atoms with van der Waals surface area (Å²) in [4.78, 5) is 8.53. The Kier molecular flexibility index (Phi) is 2.75. The van der Waals surface area contributed by atoms with Gasteiger partial charge in [0.2, 0.25) is 0 Å². The van der Waals surface area contributed by atoms with Crippen molar-refractivity contribution >= 4 is 33.8 Å². The molecule has 0 spiro atoms. The summed E-state index contributed by atoms with van der Waals surface area (Å²) in [5, 5.41) is 4.05. The topological polar surface area (TPSA) is 25.8 Å². The summed E-state index contributed by atoms with van der Waals surface area (Å²) in [5.41, 5.74) is 2.30. The van der Waals surface area contributed by atoms with Crippen LogP contribution in [-0.4, -0.2) is 9.97 Å². The number of hydrogen-bond donors (Lipinski definition) is 0. The maximum Gasteiger partial charge on any atom is 0.127 e. The zero-order valence-electron chi connectivity index (χ0n) is 9.14. The number of rotatable bonds is 1. The molecule has 18 heavy (non-hydrogen) atoms. The van der Waals surface area contributed by atoms with E-state index in [0.717, 1.165) is 21.5 Å². The Morgan fingerprint density at radius 1 is 1.33 bits per heavy atom. The van der Waals surface area contributed by atoms with E-state index in [4.69, 9.17) is 18.0 Å². The molecule has 0 aliphatic heterocycles. The minimum Gasteiger partial charge on any atom is -0.244 e. The Morgan fingerprint density at radius 2 is 2.17 bits per heavy atom. The Bertz CT molecular complexity index is 771. The van der Waals surface area contributed by atoms with Crippen molar-refractivity contribution in [2.24, 2.45) is 0 Å². The van der Waals surface area contributed by atoms with Crippen LogP contribution in [0.15, 0.2) is 29.6 Å². The van der Waals surface area contributed by atoms with Crippen LogP contribution in [0.3, 0.4) is 0 Å². The van der Waals surface area contributed by atoms with E-state index in [1.165, 1.54) is 11.3 Å². The molecule has 0 N–H and O–H groups in total. The van der Waals surface area contributed by atoms with Crippen molar-refractivity contribution in [3.8, 4) is 22.9 Å². The highest BCUT2D eigenvalue weighted by atomic mass is 35.5. The van der Waals surface area contributed by atoms with Gasteiger partial charge in [-0.3, -0.25) is 0 Å². The molecule has 0 amide bonds. The highest BCUT2D eigenvalue weighted by molar-refractivity contribution is 7.13. The van der Waals surface area contributed by atoms with Gasteiger partial charge in [-0.25, -0.2) is 9.97 Å². The Labute approximate surface area is 113 Å². The summed E-state index contributed by atoms with van der Waals surface area (Å²) in [6, 6.07) is 7.75. The lowest BCUT2D eigenvalue weighted by molar-refractivity contribution is 1.35. The van der Waals surface area contributed by atoms with Crippen LogP contribution in [0.5, 0.6) is 0 Å². The van der Waals surface area contributed by atoms with Gasteiger partial charge in [-0.05, 0) is 12.0 Å². The van der Waals surface area contributed by atoms with E-state index in [2.05, 4.69) is 22.1 Å². The van der Waals surface area contributed by atoms with Crippen LogP contribution in [0.2, 0.25) is 5.02 Å². The molecule has 0 unspecified atom stereocenters. The highest BCUT2D eigenvalue weighted by Gasteiger charge is 2.13. The summed E-state index contributed by atoms with van der Waals surface area (Å²) in [7, 11) is 0. The molecule has 0 aliphatic rings. The number of hydrogen-bond acceptors (Lipinski definition) is 3. The summed E-state index contributed by atoms with van der Waals surface area (Å²) in [6.07, 6.45) is 8.13. The average Bonchev–Trinajstić information content (AvgIpc) is 2.87. The van der Waals surface area contributed by atoms with E-state index in [-0.39, 0.29) is 0 Å². The van der Waals surface area contributed by atoms with Gasteiger partial charge in [0.25, 0.3) is 0 Å². The molecule has 4 heteroatoms. The zero-order chi connectivity index (χ0) is 12.5. The Hall–Kier alpha value is -1.89. The first-order valence-corrected chi connectivity index (χ1v) is 6.44. The van der Waals surface area contributed by atoms with Crippen molar-refractivity contribution in [2.75, 3.05) is 0 Å². The molecule has 0 saturated heterocycles. The molecule has 0 atom stereocenters. The first kappa shape index (κ1) is 11.2. The lowest BCUT2D eigenvalue weighted by Gasteiger charge is -2.04. The van der Waals surface area contributed by atoms with Crippen LogP contribution >= 0.6 is 22.9 Å². The molecule has 3 rings (SSSR count). The summed E-state index contributed by atoms with van der Waals surface area (Å²) in [6.45, 7) is 0. The predicted molar refractivity (Wildman–Crippen MR) is 74.6 cm³/mol. The standard InChI is InChI=1S/C14H6ClN2S/c1-2-9-8-18-14(17-9)13-10-5-3-4-6-12(10)16-7-11(13)15/h1,3-6,8H. The van der Waals surface area contributed by atoms with Crippen LogP contribution in [0, 0.1) is 18.5 Å². The first-order chi connectivity index (χ1) is 8.79. The quantitative estimate of drug-likeness (QED) is 0.628. The third kappa shape index (κ3) is 1.76. The van der Waals surface area contributed by atoms with Gasteiger partial charge < -0.3 is 0 Å². The molecule has 2 aromatic heterocycles. The Balaban J connectivity index is 2.34. The molecule has 0 aliphatic carbocycles. The van der Waals surface area contributed by atoms with Gasteiger partial charge in [0.05, 0.1) is 10.5 Å². The maximum atomic E-state index is 6.19. The fourth-order valence-electron chi connectivity index (χ4n) is 1.73. The molecule has 85 valence electrons. The number of benzene rings is 1. The van der Waals surface area contributed by atoms with Gasteiger partial charge in [0, 0.05) is 16.3 Å². The summed E-state index contributed by atoms with van der Waals surface area (Å²) >= 11 is 7.66. The van der Waals surface area contributed by atoms with E-state index in [9.17, 15) is 0 Å². The molecule has 2 nitrogen and oxygen atoms in total. The second kappa shape index (κ2) is 4.41. The number of terminal acetylenes is 1. The average molecular weight is 270 g/mol. The fourth-order valence-corrected chi connectivity index (χ4v) is 2.84. The van der Waals surface area contributed by atoms with E-state index < -0.39 is 0 Å². The van der Waals surface area contributed by atoms with E-state index >= 15 is 0 Å². The van der Waals surface area contributed by atoms with Gasteiger partial charge >= 0.3 is 0 Å². The SMILES string of the molecule is C#Cc1csc(-c2c(Cl)[c]nc3ccccc23)n1. The van der Waals surface area contributed by atoms with Crippen molar-refractivity contribution < 1.29 is 0 Å². The summed E-state index contributed by atoms with van der Waals surface area (Å²) < 4.78 is 0. The van der Waals surface area contributed by atoms with Gasteiger partial charge in [-0.15, -0.1) is 17.8 Å². The van der Waals surface area contributed by atoms with Crippen molar-refractivity contribution in [1.29, 1.82) is 0 Å². The van der Waals surface area contributed by atoms with Gasteiger partial charge in [-0.1, -0.05) is 29.8 Å². The summed E-state index contributed by atoms with van der Waals surface area (Å²) in [5.74, 6) is 2.52. The van der Waals surface area contributed by atoms with E-state index in [1.54, 1.807) is 0 Å². The third-order valence-electron chi connectivity index (χ3n) is 2.53. The number of nitrogens with zero attached hydrogens (tertiary/aromatic N) is 2. The number of thiazole rings is 1. The monoisotopic (exact) mass is 269 g/mol. The minimum atomic E-state index is 0.464. The van der Waals surface area contributed by atoms with Gasteiger partial charge in [0.1, 0.15) is 16.9 Å². The van der Waals surface area contributed by atoms with Crippen LogP contribution in [0.25, 0.3) is 21.5 Å².